The Kier molecular flexibility index (Phi) is 3.90. The molecule has 2 aliphatic rings. The molecule has 4 heteroatoms. The Morgan fingerprint density at radius 1 is 1.35 bits per heavy atom. The molecule has 2 aliphatic carbocycles. The van der Waals surface area contributed by atoms with Gasteiger partial charge in [-0.3, -0.25) is 4.79 Å². The van der Waals surface area contributed by atoms with E-state index in [9.17, 15) is 4.79 Å². The summed E-state index contributed by atoms with van der Waals surface area (Å²) in [6.07, 6.45) is 8.35. The molecule has 1 aromatic rings. The molecule has 0 spiro atoms. The van der Waals surface area contributed by atoms with E-state index in [0.717, 1.165) is 37.4 Å². The van der Waals surface area contributed by atoms with Gasteiger partial charge in [0.25, 0.3) is 0 Å². The van der Waals surface area contributed by atoms with Crippen molar-refractivity contribution in [1.29, 1.82) is 0 Å². The minimum atomic E-state index is 0.0449. The molecule has 0 unspecified atom stereocenters. The second-order valence-electron chi connectivity index (χ2n) is 6.13. The molecule has 1 amide bonds. The monoisotopic (exact) mass is 274 g/mol. The number of hydrogen-bond donors (Lipinski definition) is 1. The first kappa shape index (κ1) is 13.4. The van der Waals surface area contributed by atoms with Crippen molar-refractivity contribution in [2.75, 3.05) is 0 Å². The Morgan fingerprint density at radius 3 is 2.80 bits per heavy atom. The predicted molar refractivity (Wildman–Crippen MR) is 77.5 cm³/mol. The molecule has 4 nitrogen and oxygen atoms in total. The number of furan rings is 1. The number of rotatable bonds is 4. The molecule has 1 aromatic heterocycles. The number of nitrogens with one attached hydrogen (secondary N) is 1. The highest BCUT2D eigenvalue weighted by molar-refractivity contribution is 5.81. The van der Waals surface area contributed by atoms with Gasteiger partial charge in [-0.05, 0) is 37.3 Å². The van der Waals surface area contributed by atoms with E-state index in [1.165, 1.54) is 12.8 Å². The third-order valence-electron chi connectivity index (χ3n) is 4.46. The summed E-state index contributed by atoms with van der Waals surface area (Å²) >= 11 is 0. The lowest BCUT2D eigenvalue weighted by atomic mass is 9.89. The Hall–Kier alpha value is -1.58. The molecule has 0 bridgehead atoms. The average molecular weight is 274 g/mol. The first-order chi connectivity index (χ1) is 9.74. The zero-order valence-electron chi connectivity index (χ0n) is 12.0. The highest BCUT2D eigenvalue weighted by Gasteiger charge is 2.36. The third kappa shape index (κ3) is 3.11. The van der Waals surface area contributed by atoms with Crippen LogP contribution in [0.15, 0.2) is 21.7 Å². The van der Waals surface area contributed by atoms with Crippen LogP contribution in [0.5, 0.6) is 0 Å². The molecule has 1 N–H and O–H groups in total. The van der Waals surface area contributed by atoms with E-state index in [-0.39, 0.29) is 11.8 Å². The zero-order valence-corrected chi connectivity index (χ0v) is 12.0. The first-order valence-electron chi connectivity index (χ1n) is 7.66. The van der Waals surface area contributed by atoms with Gasteiger partial charge in [0.2, 0.25) is 5.91 Å². The molecular weight excluding hydrogens is 252 g/mol. The van der Waals surface area contributed by atoms with Crippen LogP contribution in [0.3, 0.4) is 0 Å². The van der Waals surface area contributed by atoms with Crippen molar-refractivity contribution in [1.82, 2.24) is 5.43 Å². The molecule has 2 saturated carbocycles. The Morgan fingerprint density at radius 2 is 2.10 bits per heavy atom. The molecular formula is C16H22N2O2. The van der Waals surface area contributed by atoms with Gasteiger partial charge in [-0.25, -0.2) is 5.43 Å². The van der Waals surface area contributed by atoms with Crippen LogP contribution in [0, 0.1) is 11.8 Å². The fourth-order valence-corrected chi connectivity index (χ4v) is 2.97. The molecule has 0 aromatic carbocycles. The zero-order chi connectivity index (χ0) is 13.9. The van der Waals surface area contributed by atoms with Crippen molar-refractivity contribution in [3.05, 3.63) is 23.7 Å². The molecule has 3 rings (SSSR count). The van der Waals surface area contributed by atoms with Crippen LogP contribution < -0.4 is 5.43 Å². The van der Waals surface area contributed by atoms with E-state index in [1.54, 1.807) is 6.21 Å². The maximum absolute atomic E-state index is 11.9. The maximum Gasteiger partial charge on any atom is 0.243 e. The van der Waals surface area contributed by atoms with Crippen molar-refractivity contribution in [2.24, 2.45) is 16.9 Å². The number of amides is 1. The molecule has 108 valence electrons. The molecule has 0 saturated heterocycles. The van der Waals surface area contributed by atoms with Crippen molar-refractivity contribution >= 4 is 12.1 Å². The lowest BCUT2D eigenvalue weighted by molar-refractivity contribution is -0.125. The summed E-state index contributed by atoms with van der Waals surface area (Å²) in [5.41, 5.74) is 2.63. The summed E-state index contributed by atoms with van der Waals surface area (Å²) in [6.45, 7) is 2.23. The normalized spacial score (nSPS) is 26.9. The molecule has 0 radical (unpaired) electrons. The highest BCUT2D eigenvalue weighted by Crippen LogP contribution is 2.47. The second-order valence-corrected chi connectivity index (χ2v) is 6.13. The van der Waals surface area contributed by atoms with Crippen LogP contribution in [0.4, 0.5) is 0 Å². The van der Waals surface area contributed by atoms with Crippen LogP contribution in [0.1, 0.15) is 62.9 Å². The number of carbonyl (C=O) groups is 1. The molecule has 2 fully saturated rings. The molecule has 2 atom stereocenters. The minimum Gasteiger partial charge on any atom is -0.460 e. The van der Waals surface area contributed by atoms with Crippen LogP contribution in [-0.2, 0) is 4.79 Å². The standard InChI is InChI=1S/C16H22N2O2/c1-11-9-14(11)15-8-7-13(20-15)10-17-18-16(19)12-5-3-2-4-6-12/h7-8,10-12,14H,2-6,9H2,1H3,(H,18,19)/b17-10-/t11-,14-/m1/s1. The molecule has 1 heterocycles. The highest BCUT2D eigenvalue weighted by atomic mass is 16.3. The van der Waals surface area contributed by atoms with Gasteiger partial charge >= 0.3 is 0 Å². The van der Waals surface area contributed by atoms with E-state index >= 15 is 0 Å². The van der Waals surface area contributed by atoms with Crippen molar-refractivity contribution < 1.29 is 9.21 Å². The second kappa shape index (κ2) is 5.81. The van der Waals surface area contributed by atoms with E-state index in [0.29, 0.717) is 11.7 Å². The van der Waals surface area contributed by atoms with E-state index in [4.69, 9.17) is 4.42 Å². The average Bonchev–Trinajstić information content (AvgIpc) is 3.01. The van der Waals surface area contributed by atoms with Gasteiger partial charge in [0.05, 0.1) is 6.21 Å². The van der Waals surface area contributed by atoms with Gasteiger partial charge in [-0.1, -0.05) is 26.2 Å². The van der Waals surface area contributed by atoms with Gasteiger partial charge in [-0.15, -0.1) is 0 Å². The van der Waals surface area contributed by atoms with Gasteiger partial charge < -0.3 is 4.42 Å². The summed E-state index contributed by atoms with van der Waals surface area (Å²) in [7, 11) is 0. The van der Waals surface area contributed by atoms with E-state index < -0.39 is 0 Å². The fraction of sp³-hybridized carbons (Fsp3) is 0.625. The smallest absolute Gasteiger partial charge is 0.243 e. The number of hydrazone groups is 1. The predicted octanol–water partition coefficient (Wildman–Crippen LogP) is 3.43. The minimum absolute atomic E-state index is 0.0449. The van der Waals surface area contributed by atoms with Crippen LogP contribution in [0.2, 0.25) is 0 Å². The SMILES string of the molecule is C[C@@H]1C[C@H]1c1ccc(/C=N\NC(=O)C2CCCCC2)o1. The summed E-state index contributed by atoms with van der Waals surface area (Å²) in [5, 5.41) is 4.01. The van der Waals surface area contributed by atoms with Crippen LogP contribution in [-0.4, -0.2) is 12.1 Å². The van der Waals surface area contributed by atoms with Gasteiger partial charge in [0, 0.05) is 11.8 Å². The molecule has 0 aliphatic heterocycles. The summed E-state index contributed by atoms with van der Waals surface area (Å²) < 4.78 is 5.70. The Bertz CT molecular complexity index is 500. The van der Waals surface area contributed by atoms with Gasteiger partial charge in [-0.2, -0.15) is 5.10 Å². The lowest BCUT2D eigenvalue weighted by Crippen LogP contribution is -2.28. The van der Waals surface area contributed by atoms with Gasteiger partial charge in [0.1, 0.15) is 11.5 Å². The number of carbonyl (C=O) groups excluding carboxylic acids is 1. The van der Waals surface area contributed by atoms with Crippen LogP contribution in [0.25, 0.3) is 0 Å². The van der Waals surface area contributed by atoms with Crippen molar-refractivity contribution in [3.8, 4) is 0 Å². The lowest BCUT2D eigenvalue weighted by Gasteiger charge is -2.19. The Balaban J connectivity index is 1.49. The summed E-state index contributed by atoms with van der Waals surface area (Å²) in [4.78, 5) is 11.9. The van der Waals surface area contributed by atoms with Crippen molar-refractivity contribution in [3.63, 3.8) is 0 Å². The quantitative estimate of drug-likeness (QED) is 0.675. The molecule has 20 heavy (non-hydrogen) atoms. The maximum atomic E-state index is 11.9. The van der Waals surface area contributed by atoms with Crippen LogP contribution >= 0.6 is 0 Å². The third-order valence-corrected chi connectivity index (χ3v) is 4.46. The first-order valence-corrected chi connectivity index (χ1v) is 7.66. The van der Waals surface area contributed by atoms with E-state index in [1.807, 2.05) is 12.1 Å². The number of nitrogens with zero attached hydrogens (tertiary/aromatic N) is 1. The van der Waals surface area contributed by atoms with Gasteiger partial charge in [0.15, 0.2) is 0 Å². The summed E-state index contributed by atoms with van der Waals surface area (Å²) in [6, 6.07) is 3.93. The fourth-order valence-electron chi connectivity index (χ4n) is 2.97. The topological polar surface area (TPSA) is 54.6 Å². The van der Waals surface area contributed by atoms with Crippen molar-refractivity contribution in [2.45, 2.75) is 51.4 Å². The number of hydrogen-bond acceptors (Lipinski definition) is 3. The summed E-state index contributed by atoms with van der Waals surface area (Å²) in [5.74, 6) is 3.25. The van der Waals surface area contributed by atoms with E-state index in [2.05, 4.69) is 17.5 Å². The largest absolute Gasteiger partial charge is 0.460 e. The Labute approximate surface area is 119 Å².